The second-order valence-corrected chi connectivity index (χ2v) is 7.57. The van der Waals surface area contributed by atoms with Crippen molar-refractivity contribution in [3.05, 3.63) is 29.1 Å². The van der Waals surface area contributed by atoms with Crippen molar-refractivity contribution in [3.8, 4) is 5.75 Å². The van der Waals surface area contributed by atoms with E-state index in [2.05, 4.69) is 13.8 Å². The molecular weight excluding hydrogens is 287 g/mol. The van der Waals surface area contributed by atoms with Crippen LogP contribution in [0.2, 0.25) is 0 Å². The Labute approximate surface area is 140 Å². The van der Waals surface area contributed by atoms with E-state index in [-0.39, 0.29) is 5.82 Å². The summed E-state index contributed by atoms with van der Waals surface area (Å²) in [6.07, 6.45) is 12.3. The molecule has 0 saturated heterocycles. The van der Waals surface area contributed by atoms with Crippen LogP contribution in [0.5, 0.6) is 5.75 Å². The second-order valence-electron chi connectivity index (χ2n) is 7.57. The van der Waals surface area contributed by atoms with Crippen molar-refractivity contribution in [1.82, 2.24) is 0 Å². The molecule has 1 heterocycles. The topological polar surface area (TPSA) is 9.23 Å². The summed E-state index contributed by atoms with van der Waals surface area (Å²) in [5.74, 6) is 2.34. The Hall–Kier alpha value is -1.05. The number of hydrogen-bond donors (Lipinski definition) is 0. The summed E-state index contributed by atoms with van der Waals surface area (Å²) < 4.78 is 20.4. The molecule has 1 unspecified atom stereocenters. The van der Waals surface area contributed by atoms with Gasteiger partial charge in [-0.3, -0.25) is 0 Å². The number of aryl methyl sites for hydroxylation is 2. The molecular formula is C21H31FO. The molecule has 1 aromatic carbocycles. The summed E-state index contributed by atoms with van der Waals surface area (Å²) in [5.41, 5.74) is 2.07. The monoisotopic (exact) mass is 318 g/mol. The molecule has 1 aromatic rings. The third kappa shape index (κ3) is 3.89. The second kappa shape index (κ2) is 7.68. The van der Waals surface area contributed by atoms with E-state index in [1.54, 1.807) is 6.07 Å². The quantitative estimate of drug-likeness (QED) is 0.639. The lowest BCUT2D eigenvalue weighted by Gasteiger charge is -2.36. The summed E-state index contributed by atoms with van der Waals surface area (Å²) in [6.45, 7) is 4.38. The van der Waals surface area contributed by atoms with Gasteiger partial charge in [0.2, 0.25) is 0 Å². The van der Waals surface area contributed by atoms with Crippen LogP contribution < -0.4 is 4.74 Å². The summed E-state index contributed by atoms with van der Waals surface area (Å²) >= 11 is 0. The van der Waals surface area contributed by atoms with Crippen molar-refractivity contribution in [1.29, 1.82) is 0 Å². The van der Waals surface area contributed by atoms with Gasteiger partial charge in [-0.05, 0) is 61.1 Å². The molecule has 1 aliphatic carbocycles. The molecule has 1 aliphatic heterocycles. The largest absolute Gasteiger partial charge is 0.490 e. The van der Waals surface area contributed by atoms with Crippen LogP contribution in [0.1, 0.15) is 76.3 Å². The lowest BCUT2D eigenvalue weighted by atomic mass is 9.76. The third-order valence-corrected chi connectivity index (χ3v) is 5.84. The van der Waals surface area contributed by atoms with Crippen LogP contribution in [-0.2, 0) is 12.8 Å². The number of benzene rings is 1. The minimum atomic E-state index is -0.0853. The number of rotatable bonds is 5. The van der Waals surface area contributed by atoms with Gasteiger partial charge >= 0.3 is 0 Å². The van der Waals surface area contributed by atoms with Crippen molar-refractivity contribution in [2.75, 3.05) is 0 Å². The molecule has 1 fully saturated rings. The first-order valence-electron chi connectivity index (χ1n) is 9.69. The first-order chi connectivity index (χ1) is 11.2. The Balaban J connectivity index is 1.63. The zero-order valence-corrected chi connectivity index (χ0v) is 14.7. The first-order valence-corrected chi connectivity index (χ1v) is 9.69. The van der Waals surface area contributed by atoms with E-state index >= 15 is 0 Å². The Morgan fingerprint density at radius 3 is 2.52 bits per heavy atom. The number of fused-ring (bicyclic) bond motifs is 1. The van der Waals surface area contributed by atoms with Crippen LogP contribution in [-0.4, -0.2) is 6.10 Å². The summed E-state index contributed by atoms with van der Waals surface area (Å²) in [6, 6.07) is 3.69. The standard InChI is InChI=1S/C21H31FO/c1-3-5-15-7-9-16(10-8-15)20-12-11-18-13-17(6-4-2)19(22)14-21(18)23-20/h13-16,20H,3-12H2,1-2H3. The van der Waals surface area contributed by atoms with Crippen molar-refractivity contribution < 1.29 is 9.13 Å². The van der Waals surface area contributed by atoms with E-state index in [0.29, 0.717) is 12.0 Å². The van der Waals surface area contributed by atoms with E-state index < -0.39 is 0 Å². The normalized spacial score (nSPS) is 27.3. The van der Waals surface area contributed by atoms with E-state index in [4.69, 9.17) is 4.74 Å². The summed E-state index contributed by atoms with van der Waals surface area (Å²) in [5, 5.41) is 0. The molecule has 0 spiro atoms. The van der Waals surface area contributed by atoms with Crippen LogP contribution in [0.25, 0.3) is 0 Å². The molecule has 2 heteroatoms. The molecule has 1 saturated carbocycles. The van der Waals surface area contributed by atoms with Gasteiger partial charge in [-0.15, -0.1) is 0 Å². The molecule has 0 amide bonds. The molecule has 23 heavy (non-hydrogen) atoms. The Morgan fingerprint density at radius 2 is 1.83 bits per heavy atom. The molecule has 0 radical (unpaired) electrons. The zero-order chi connectivity index (χ0) is 16.2. The highest BCUT2D eigenvalue weighted by atomic mass is 19.1. The zero-order valence-electron chi connectivity index (χ0n) is 14.7. The van der Waals surface area contributed by atoms with Crippen LogP contribution in [0.15, 0.2) is 12.1 Å². The Morgan fingerprint density at radius 1 is 1.04 bits per heavy atom. The highest BCUT2D eigenvalue weighted by Crippen LogP contribution is 2.39. The SMILES string of the molecule is CCCc1cc2c(cc1F)OC(C1CCC(CCC)CC1)CC2. The molecule has 2 aliphatic rings. The maximum atomic E-state index is 14.2. The maximum Gasteiger partial charge on any atom is 0.130 e. The molecule has 0 bridgehead atoms. The molecule has 1 atom stereocenters. The number of hydrogen-bond acceptors (Lipinski definition) is 1. The number of ether oxygens (including phenoxy) is 1. The van der Waals surface area contributed by atoms with Crippen LogP contribution in [0.3, 0.4) is 0 Å². The van der Waals surface area contributed by atoms with Crippen molar-refractivity contribution in [3.63, 3.8) is 0 Å². The lowest BCUT2D eigenvalue weighted by molar-refractivity contribution is 0.0754. The van der Waals surface area contributed by atoms with Gasteiger partial charge in [0.05, 0.1) is 0 Å². The van der Waals surface area contributed by atoms with E-state index in [1.165, 1.54) is 44.1 Å². The van der Waals surface area contributed by atoms with Gasteiger partial charge in [0.25, 0.3) is 0 Å². The highest BCUT2D eigenvalue weighted by Gasteiger charge is 2.31. The third-order valence-electron chi connectivity index (χ3n) is 5.84. The molecule has 128 valence electrons. The predicted octanol–water partition coefficient (Wildman–Crippen LogP) is 6.08. The smallest absolute Gasteiger partial charge is 0.130 e. The molecule has 1 nitrogen and oxygen atoms in total. The van der Waals surface area contributed by atoms with Gasteiger partial charge in [-0.1, -0.05) is 46.0 Å². The van der Waals surface area contributed by atoms with Gasteiger partial charge in [0.15, 0.2) is 0 Å². The Kier molecular flexibility index (Phi) is 5.61. The summed E-state index contributed by atoms with van der Waals surface area (Å²) in [4.78, 5) is 0. The highest BCUT2D eigenvalue weighted by molar-refractivity contribution is 5.40. The van der Waals surface area contributed by atoms with Gasteiger partial charge in [-0.2, -0.15) is 0 Å². The van der Waals surface area contributed by atoms with Gasteiger partial charge < -0.3 is 4.74 Å². The predicted molar refractivity (Wildman–Crippen MR) is 93.5 cm³/mol. The van der Waals surface area contributed by atoms with Crippen LogP contribution in [0, 0.1) is 17.7 Å². The van der Waals surface area contributed by atoms with Gasteiger partial charge in [0, 0.05) is 6.07 Å². The van der Waals surface area contributed by atoms with Gasteiger partial charge in [-0.25, -0.2) is 4.39 Å². The minimum absolute atomic E-state index is 0.0853. The van der Waals surface area contributed by atoms with Gasteiger partial charge in [0.1, 0.15) is 17.7 Å². The maximum absolute atomic E-state index is 14.2. The number of halogens is 1. The fraction of sp³-hybridized carbons (Fsp3) is 0.714. The average Bonchev–Trinajstić information content (AvgIpc) is 2.56. The first kappa shape index (κ1) is 16.8. The molecule has 0 aromatic heterocycles. The van der Waals surface area contributed by atoms with Crippen molar-refractivity contribution >= 4 is 0 Å². The van der Waals surface area contributed by atoms with E-state index in [0.717, 1.165) is 42.9 Å². The molecule has 3 rings (SSSR count). The van der Waals surface area contributed by atoms with Crippen molar-refractivity contribution in [2.45, 2.75) is 84.2 Å². The lowest BCUT2D eigenvalue weighted by Crippen LogP contribution is -2.33. The van der Waals surface area contributed by atoms with Crippen LogP contribution >= 0.6 is 0 Å². The summed E-state index contributed by atoms with van der Waals surface area (Å²) in [7, 11) is 0. The fourth-order valence-electron chi connectivity index (χ4n) is 4.53. The van der Waals surface area contributed by atoms with E-state index in [1.807, 2.05) is 6.07 Å². The minimum Gasteiger partial charge on any atom is -0.490 e. The molecule has 0 N–H and O–H groups in total. The van der Waals surface area contributed by atoms with Crippen LogP contribution in [0.4, 0.5) is 4.39 Å². The van der Waals surface area contributed by atoms with Crippen molar-refractivity contribution in [2.24, 2.45) is 11.8 Å². The fourth-order valence-corrected chi connectivity index (χ4v) is 4.53. The average molecular weight is 318 g/mol. The Bertz CT molecular complexity index is 517. The van der Waals surface area contributed by atoms with E-state index in [9.17, 15) is 4.39 Å².